The molecule has 0 saturated heterocycles. The third-order valence-electron chi connectivity index (χ3n) is 3.79. The largest absolute Gasteiger partial charge is 0.399 e. The maximum absolute atomic E-state index is 5.96. The van der Waals surface area contributed by atoms with Crippen molar-refractivity contribution in [3.05, 3.63) is 29.3 Å². The van der Waals surface area contributed by atoms with E-state index in [0.717, 1.165) is 17.5 Å². The molecule has 0 radical (unpaired) electrons. The van der Waals surface area contributed by atoms with Crippen LogP contribution < -0.4 is 5.73 Å². The number of hydrogen-bond acceptors (Lipinski definition) is 1. The topological polar surface area (TPSA) is 26.0 Å². The highest BCUT2D eigenvalue weighted by Gasteiger charge is 2.21. The number of rotatable bonds is 1. The summed E-state index contributed by atoms with van der Waals surface area (Å²) in [4.78, 5) is 0. The molecule has 0 amide bonds. The van der Waals surface area contributed by atoms with Gasteiger partial charge in [-0.1, -0.05) is 31.9 Å². The first-order valence-electron chi connectivity index (χ1n) is 6.03. The predicted octanol–water partition coefficient (Wildman–Crippen LogP) is 3.87. The minimum absolute atomic E-state index is 0.747. The number of nitrogens with two attached hydrogens (primary N) is 1. The lowest BCUT2D eigenvalue weighted by Gasteiger charge is -2.28. The minimum Gasteiger partial charge on any atom is -0.399 e. The van der Waals surface area contributed by atoms with E-state index in [4.69, 9.17) is 5.73 Å². The highest BCUT2D eigenvalue weighted by Crippen LogP contribution is 2.38. The van der Waals surface area contributed by atoms with Crippen molar-refractivity contribution in [2.75, 3.05) is 5.73 Å². The molecule has 2 rings (SSSR count). The Hall–Kier alpha value is -0.980. The Bertz CT molecular complexity index is 343. The van der Waals surface area contributed by atoms with Crippen LogP contribution in [0.3, 0.4) is 0 Å². The molecule has 2 N–H and O–H groups in total. The Morgan fingerprint density at radius 1 is 1.27 bits per heavy atom. The molecule has 1 aromatic rings. The molecule has 1 aliphatic carbocycles. The van der Waals surface area contributed by atoms with Crippen LogP contribution in [-0.4, -0.2) is 0 Å². The quantitative estimate of drug-likeness (QED) is 0.689. The van der Waals surface area contributed by atoms with Gasteiger partial charge in [0.05, 0.1) is 0 Å². The lowest BCUT2D eigenvalue weighted by atomic mass is 9.77. The molecule has 0 aliphatic heterocycles. The molecule has 0 spiro atoms. The van der Waals surface area contributed by atoms with E-state index >= 15 is 0 Å². The Kier molecular flexibility index (Phi) is 2.99. The van der Waals surface area contributed by atoms with Gasteiger partial charge in [0.1, 0.15) is 0 Å². The summed E-state index contributed by atoms with van der Waals surface area (Å²) in [6.45, 7) is 4.53. The maximum Gasteiger partial charge on any atom is 0.0346 e. The Morgan fingerprint density at radius 2 is 2.07 bits per heavy atom. The molecular weight excluding hydrogens is 182 g/mol. The van der Waals surface area contributed by atoms with Crippen molar-refractivity contribution >= 4 is 5.69 Å². The van der Waals surface area contributed by atoms with Crippen LogP contribution in [0.1, 0.15) is 49.7 Å². The number of hydrogen-bond donors (Lipinski definition) is 1. The molecule has 0 bridgehead atoms. The number of anilines is 1. The normalized spacial score (nSPS) is 26.5. The molecule has 1 aromatic carbocycles. The van der Waals surface area contributed by atoms with Gasteiger partial charge in [-0.25, -0.2) is 0 Å². The van der Waals surface area contributed by atoms with Crippen LogP contribution in [0.4, 0.5) is 5.69 Å². The van der Waals surface area contributed by atoms with Gasteiger partial charge in [-0.05, 0) is 48.8 Å². The molecule has 0 unspecified atom stereocenters. The van der Waals surface area contributed by atoms with Crippen LogP contribution in [0, 0.1) is 12.8 Å². The fraction of sp³-hybridized carbons (Fsp3) is 0.571. The molecule has 1 heteroatoms. The summed E-state index contributed by atoms with van der Waals surface area (Å²) in [7, 11) is 0. The molecule has 1 fully saturated rings. The summed E-state index contributed by atoms with van der Waals surface area (Å²) >= 11 is 0. The summed E-state index contributed by atoms with van der Waals surface area (Å²) < 4.78 is 0. The van der Waals surface area contributed by atoms with Crippen LogP contribution in [0.15, 0.2) is 18.2 Å². The maximum atomic E-state index is 5.96. The van der Waals surface area contributed by atoms with E-state index in [2.05, 4.69) is 26.0 Å². The summed E-state index contributed by atoms with van der Waals surface area (Å²) in [5, 5.41) is 0. The van der Waals surface area contributed by atoms with Gasteiger partial charge in [-0.15, -0.1) is 0 Å². The van der Waals surface area contributed by atoms with Crippen molar-refractivity contribution in [1.29, 1.82) is 0 Å². The van der Waals surface area contributed by atoms with Gasteiger partial charge in [0, 0.05) is 5.69 Å². The van der Waals surface area contributed by atoms with Crippen LogP contribution in [-0.2, 0) is 0 Å². The van der Waals surface area contributed by atoms with E-state index in [9.17, 15) is 0 Å². The zero-order valence-electron chi connectivity index (χ0n) is 9.79. The molecule has 1 saturated carbocycles. The van der Waals surface area contributed by atoms with Crippen molar-refractivity contribution in [3.8, 4) is 0 Å². The SMILES string of the molecule is Cc1c(N)cccc1[C@H]1CCC[C@@H](C)C1. The first-order chi connectivity index (χ1) is 7.18. The van der Waals surface area contributed by atoms with Crippen molar-refractivity contribution in [3.63, 3.8) is 0 Å². The zero-order valence-corrected chi connectivity index (χ0v) is 9.79. The summed E-state index contributed by atoms with van der Waals surface area (Å²) in [5.41, 5.74) is 9.70. The standard InChI is InChI=1S/C14H21N/c1-10-5-3-6-12(9-10)13-7-4-8-14(15)11(13)2/h4,7-8,10,12H,3,5-6,9,15H2,1-2H3/t10-,12+/m1/s1. The highest BCUT2D eigenvalue weighted by molar-refractivity contribution is 5.51. The van der Waals surface area contributed by atoms with Gasteiger partial charge in [0.2, 0.25) is 0 Å². The second-order valence-corrected chi connectivity index (χ2v) is 5.03. The van der Waals surface area contributed by atoms with Crippen molar-refractivity contribution < 1.29 is 0 Å². The van der Waals surface area contributed by atoms with E-state index in [1.54, 1.807) is 0 Å². The van der Waals surface area contributed by atoms with Crippen molar-refractivity contribution in [2.45, 2.75) is 45.4 Å². The van der Waals surface area contributed by atoms with Crippen LogP contribution >= 0.6 is 0 Å². The van der Waals surface area contributed by atoms with Crippen molar-refractivity contribution in [2.24, 2.45) is 5.92 Å². The molecule has 0 aromatic heterocycles. The van der Waals surface area contributed by atoms with E-state index in [-0.39, 0.29) is 0 Å². The van der Waals surface area contributed by atoms with Gasteiger partial charge in [-0.3, -0.25) is 0 Å². The number of benzene rings is 1. The van der Waals surface area contributed by atoms with E-state index in [1.807, 2.05) is 6.07 Å². The molecule has 1 nitrogen and oxygen atoms in total. The first-order valence-corrected chi connectivity index (χ1v) is 6.03. The van der Waals surface area contributed by atoms with E-state index in [1.165, 1.54) is 36.8 Å². The van der Waals surface area contributed by atoms with Crippen LogP contribution in [0.2, 0.25) is 0 Å². The molecular formula is C14H21N. The third kappa shape index (κ3) is 2.17. The van der Waals surface area contributed by atoms with E-state index in [0.29, 0.717) is 0 Å². The monoisotopic (exact) mass is 203 g/mol. The smallest absolute Gasteiger partial charge is 0.0346 e. The predicted molar refractivity (Wildman–Crippen MR) is 66.0 cm³/mol. The molecule has 15 heavy (non-hydrogen) atoms. The highest BCUT2D eigenvalue weighted by atomic mass is 14.6. The Balaban J connectivity index is 2.24. The lowest BCUT2D eigenvalue weighted by Crippen LogP contribution is -2.13. The van der Waals surface area contributed by atoms with Gasteiger partial charge in [-0.2, -0.15) is 0 Å². The minimum atomic E-state index is 0.747. The fourth-order valence-electron chi connectivity index (χ4n) is 2.83. The molecule has 1 aliphatic rings. The molecule has 2 atom stereocenters. The Labute approximate surface area is 92.7 Å². The van der Waals surface area contributed by atoms with E-state index < -0.39 is 0 Å². The number of nitrogen functional groups attached to an aromatic ring is 1. The zero-order chi connectivity index (χ0) is 10.8. The van der Waals surface area contributed by atoms with Gasteiger partial charge >= 0.3 is 0 Å². The summed E-state index contributed by atoms with van der Waals surface area (Å²) in [6, 6.07) is 6.36. The second kappa shape index (κ2) is 4.26. The van der Waals surface area contributed by atoms with Crippen molar-refractivity contribution in [1.82, 2.24) is 0 Å². The average molecular weight is 203 g/mol. The van der Waals surface area contributed by atoms with Gasteiger partial charge in [0.15, 0.2) is 0 Å². The summed E-state index contributed by atoms with van der Waals surface area (Å²) in [5.74, 6) is 1.63. The average Bonchev–Trinajstić information content (AvgIpc) is 2.22. The van der Waals surface area contributed by atoms with Gasteiger partial charge in [0.25, 0.3) is 0 Å². The Morgan fingerprint density at radius 3 is 2.80 bits per heavy atom. The fourth-order valence-corrected chi connectivity index (χ4v) is 2.83. The first kappa shape index (κ1) is 10.5. The summed E-state index contributed by atoms with van der Waals surface area (Å²) in [6.07, 6.45) is 5.46. The second-order valence-electron chi connectivity index (χ2n) is 5.03. The lowest BCUT2D eigenvalue weighted by molar-refractivity contribution is 0.343. The van der Waals surface area contributed by atoms with Gasteiger partial charge < -0.3 is 5.73 Å². The molecule has 0 heterocycles. The van der Waals surface area contributed by atoms with Crippen LogP contribution in [0.5, 0.6) is 0 Å². The van der Waals surface area contributed by atoms with Crippen LogP contribution in [0.25, 0.3) is 0 Å². The molecule has 82 valence electrons. The third-order valence-corrected chi connectivity index (χ3v) is 3.79.